The van der Waals surface area contributed by atoms with Crippen LogP contribution in [0.25, 0.3) is 21.8 Å². The van der Waals surface area contributed by atoms with Gasteiger partial charge in [-0.25, -0.2) is 9.59 Å². The molecule has 0 atom stereocenters. The van der Waals surface area contributed by atoms with Gasteiger partial charge in [0.2, 0.25) is 0 Å². The highest BCUT2D eigenvalue weighted by Crippen LogP contribution is 2.34. The molecule has 0 aliphatic rings. The Kier molecular flexibility index (Phi) is 3.89. The second-order valence-electron chi connectivity index (χ2n) is 4.53. The summed E-state index contributed by atoms with van der Waals surface area (Å²) in [6.45, 7) is 0. The van der Waals surface area contributed by atoms with Crippen LogP contribution in [0.15, 0.2) is 63.1 Å². The third-order valence-corrected chi connectivity index (χ3v) is 4.08. The normalized spacial score (nSPS) is 10.4. The van der Waals surface area contributed by atoms with E-state index < -0.39 is 11.6 Å². The molecular weight excluding hydrogens is 300 g/mol. The number of hydrogen-bond donors (Lipinski definition) is 0. The summed E-state index contributed by atoms with van der Waals surface area (Å²) < 4.78 is 10.1. The average molecular weight is 312 g/mol. The van der Waals surface area contributed by atoms with Gasteiger partial charge >= 0.3 is 11.6 Å². The predicted octanol–water partition coefficient (Wildman–Crippen LogP) is 3.82. The summed E-state index contributed by atoms with van der Waals surface area (Å²) in [5.74, 6) is -0.258. The molecule has 0 aliphatic heterocycles. The van der Waals surface area contributed by atoms with E-state index in [1.54, 1.807) is 0 Å². The van der Waals surface area contributed by atoms with E-state index in [1.807, 2.05) is 47.8 Å². The molecule has 5 heteroatoms. The summed E-state index contributed by atoms with van der Waals surface area (Å²) in [4.78, 5) is 24.7. The SMILES string of the molecule is COC(=O)c1cc(-c2cccs2)c(-c2ccccc2)oc1=O. The maximum Gasteiger partial charge on any atom is 0.351 e. The van der Waals surface area contributed by atoms with Gasteiger partial charge in [0.1, 0.15) is 11.3 Å². The molecule has 0 radical (unpaired) electrons. The molecule has 110 valence electrons. The van der Waals surface area contributed by atoms with Crippen LogP contribution in [0.2, 0.25) is 0 Å². The topological polar surface area (TPSA) is 56.5 Å². The van der Waals surface area contributed by atoms with Gasteiger partial charge in [0, 0.05) is 16.0 Å². The number of methoxy groups -OCH3 is 1. The van der Waals surface area contributed by atoms with E-state index >= 15 is 0 Å². The van der Waals surface area contributed by atoms with E-state index in [0.29, 0.717) is 11.3 Å². The van der Waals surface area contributed by atoms with Crippen molar-refractivity contribution in [1.29, 1.82) is 0 Å². The summed E-state index contributed by atoms with van der Waals surface area (Å²) in [6.07, 6.45) is 0. The molecule has 0 aliphatic carbocycles. The van der Waals surface area contributed by atoms with Gasteiger partial charge in [0.25, 0.3) is 0 Å². The molecule has 0 N–H and O–H groups in total. The molecule has 0 spiro atoms. The number of hydrogen-bond acceptors (Lipinski definition) is 5. The van der Waals surface area contributed by atoms with Crippen LogP contribution in [0, 0.1) is 0 Å². The molecule has 2 aromatic heterocycles. The predicted molar refractivity (Wildman–Crippen MR) is 85.1 cm³/mol. The highest BCUT2D eigenvalue weighted by molar-refractivity contribution is 7.13. The van der Waals surface area contributed by atoms with E-state index in [9.17, 15) is 9.59 Å². The average Bonchev–Trinajstić information content (AvgIpc) is 3.09. The minimum Gasteiger partial charge on any atom is -0.465 e. The molecule has 0 amide bonds. The first-order chi connectivity index (χ1) is 10.7. The van der Waals surface area contributed by atoms with Crippen LogP contribution >= 0.6 is 11.3 Å². The first-order valence-corrected chi connectivity index (χ1v) is 7.44. The highest BCUT2D eigenvalue weighted by atomic mass is 32.1. The number of benzene rings is 1. The maximum atomic E-state index is 12.1. The van der Waals surface area contributed by atoms with Gasteiger partial charge in [0.05, 0.1) is 7.11 Å². The summed E-state index contributed by atoms with van der Waals surface area (Å²) in [7, 11) is 1.23. The molecule has 3 rings (SSSR count). The van der Waals surface area contributed by atoms with Crippen LogP contribution in [-0.2, 0) is 4.74 Å². The Bertz CT molecular complexity index is 848. The van der Waals surface area contributed by atoms with Gasteiger partial charge < -0.3 is 9.15 Å². The largest absolute Gasteiger partial charge is 0.465 e. The highest BCUT2D eigenvalue weighted by Gasteiger charge is 2.19. The fraction of sp³-hybridized carbons (Fsp3) is 0.0588. The second-order valence-corrected chi connectivity index (χ2v) is 5.47. The van der Waals surface area contributed by atoms with Crippen molar-refractivity contribution in [3.05, 3.63) is 69.9 Å². The van der Waals surface area contributed by atoms with Crippen molar-refractivity contribution < 1.29 is 13.9 Å². The third kappa shape index (κ3) is 2.58. The van der Waals surface area contributed by atoms with Gasteiger partial charge in [-0.3, -0.25) is 0 Å². The molecule has 0 bridgehead atoms. The molecule has 22 heavy (non-hydrogen) atoms. The fourth-order valence-electron chi connectivity index (χ4n) is 2.14. The second kappa shape index (κ2) is 5.99. The molecule has 1 aromatic carbocycles. The Morgan fingerprint density at radius 2 is 1.91 bits per heavy atom. The Morgan fingerprint density at radius 3 is 2.55 bits per heavy atom. The zero-order valence-corrected chi connectivity index (χ0v) is 12.6. The van der Waals surface area contributed by atoms with Gasteiger partial charge in [-0.2, -0.15) is 0 Å². The van der Waals surface area contributed by atoms with Crippen LogP contribution in [0.1, 0.15) is 10.4 Å². The summed E-state index contributed by atoms with van der Waals surface area (Å²) in [5.41, 5.74) is 0.664. The van der Waals surface area contributed by atoms with Crippen LogP contribution in [0.4, 0.5) is 0 Å². The van der Waals surface area contributed by atoms with Gasteiger partial charge in [-0.05, 0) is 17.5 Å². The molecule has 2 heterocycles. The first-order valence-electron chi connectivity index (χ1n) is 6.56. The van der Waals surface area contributed by atoms with Crippen molar-refractivity contribution in [3.63, 3.8) is 0 Å². The smallest absolute Gasteiger partial charge is 0.351 e. The zero-order chi connectivity index (χ0) is 15.5. The summed E-state index contributed by atoms with van der Waals surface area (Å²) in [5, 5.41) is 1.92. The van der Waals surface area contributed by atoms with Gasteiger partial charge in [0.15, 0.2) is 0 Å². The number of rotatable bonds is 3. The van der Waals surface area contributed by atoms with E-state index in [0.717, 1.165) is 10.4 Å². The monoisotopic (exact) mass is 312 g/mol. The van der Waals surface area contributed by atoms with Crippen molar-refractivity contribution in [2.75, 3.05) is 7.11 Å². The lowest BCUT2D eigenvalue weighted by atomic mass is 10.0. The standard InChI is InChI=1S/C17H12O4S/c1-20-16(18)13-10-12(14-8-5-9-22-14)15(21-17(13)19)11-6-3-2-4-7-11/h2-10H,1H3. The van der Waals surface area contributed by atoms with E-state index in [4.69, 9.17) is 4.42 Å². The lowest BCUT2D eigenvalue weighted by Crippen LogP contribution is -2.15. The number of carbonyl (C=O) groups excluding carboxylic acids is 1. The number of thiophene rings is 1. The van der Waals surface area contributed by atoms with Gasteiger partial charge in [-0.1, -0.05) is 36.4 Å². The molecule has 0 fully saturated rings. The van der Waals surface area contributed by atoms with Crippen LogP contribution in [-0.4, -0.2) is 13.1 Å². The number of esters is 1. The molecule has 4 nitrogen and oxygen atoms in total. The van der Waals surface area contributed by atoms with Gasteiger partial charge in [-0.15, -0.1) is 11.3 Å². The molecule has 0 unspecified atom stereocenters. The van der Waals surface area contributed by atoms with Crippen LogP contribution in [0.5, 0.6) is 0 Å². The molecule has 0 saturated carbocycles. The summed E-state index contributed by atoms with van der Waals surface area (Å²) in [6, 6.07) is 14.7. The fourth-order valence-corrected chi connectivity index (χ4v) is 2.88. The quantitative estimate of drug-likeness (QED) is 0.690. The first kappa shape index (κ1) is 14.3. The maximum absolute atomic E-state index is 12.1. The van der Waals surface area contributed by atoms with Crippen molar-refractivity contribution in [1.82, 2.24) is 0 Å². The Balaban J connectivity index is 2.28. The molecule has 3 aromatic rings. The number of ether oxygens (including phenoxy) is 1. The lowest BCUT2D eigenvalue weighted by Gasteiger charge is -2.08. The third-order valence-electron chi connectivity index (χ3n) is 3.18. The van der Waals surface area contributed by atoms with E-state index in [2.05, 4.69) is 4.74 Å². The molecular formula is C17H12O4S. The van der Waals surface area contributed by atoms with Crippen molar-refractivity contribution in [3.8, 4) is 21.8 Å². The minimum absolute atomic E-state index is 0.106. The van der Waals surface area contributed by atoms with E-state index in [1.165, 1.54) is 24.5 Å². The Morgan fingerprint density at radius 1 is 1.14 bits per heavy atom. The lowest BCUT2D eigenvalue weighted by molar-refractivity contribution is 0.0596. The Hall–Kier alpha value is -2.66. The van der Waals surface area contributed by atoms with Crippen molar-refractivity contribution >= 4 is 17.3 Å². The molecule has 0 saturated heterocycles. The van der Waals surface area contributed by atoms with Crippen molar-refractivity contribution in [2.24, 2.45) is 0 Å². The zero-order valence-electron chi connectivity index (χ0n) is 11.7. The summed E-state index contributed by atoms with van der Waals surface area (Å²) >= 11 is 1.50. The van der Waals surface area contributed by atoms with Crippen LogP contribution < -0.4 is 5.63 Å². The Labute approximate surface area is 130 Å². The van der Waals surface area contributed by atoms with Crippen molar-refractivity contribution in [2.45, 2.75) is 0 Å². The van der Waals surface area contributed by atoms with E-state index in [-0.39, 0.29) is 5.56 Å². The minimum atomic E-state index is -0.703. The van der Waals surface area contributed by atoms with Crippen LogP contribution in [0.3, 0.4) is 0 Å². The number of carbonyl (C=O) groups is 1.